The summed E-state index contributed by atoms with van der Waals surface area (Å²) < 4.78 is 11.0. The van der Waals surface area contributed by atoms with Crippen LogP contribution in [0.3, 0.4) is 0 Å². The molecule has 0 spiro atoms. The zero-order valence-electron chi connectivity index (χ0n) is 17.3. The number of carbonyl (C=O) groups is 1. The van der Waals surface area contributed by atoms with Crippen LogP contribution in [-0.4, -0.2) is 11.1 Å². The first-order chi connectivity index (χ1) is 14.5. The van der Waals surface area contributed by atoms with E-state index in [9.17, 15) is 4.79 Å². The molecule has 1 amide bonds. The van der Waals surface area contributed by atoms with Gasteiger partial charge in [-0.1, -0.05) is 47.6 Å². The molecule has 0 saturated carbocycles. The Labute approximate surface area is 175 Å². The first kappa shape index (κ1) is 19.7. The number of nitrogens with one attached hydrogen (secondary N) is 1. The molecule has 0 radical (unpaired) electrons. The maximum Gasteiger partial charge on any atom is 0.251 e. The van der Waals surface area contributed by atoms with Gasteiger partial charge in [-0.2, -0.15) is 0 Å². The SMILES string of the molecule is Cc1noc(C)c1COc1ccc(C(=O)NC(C)c2cccc3ccccc23)cc1. The van der Waals surface area contributed by atoms with E-state index >= 15 is 0 Å². The average Bonchev–Trinajstić information content (AvgIpc) is 3.09. The molecule has 0 aliphatic carbocycles. The Balaban J connectivity index is 1.42. The van der Waals surface area contributed by atoms with Gasteiger partial charge in [-0.05, 0) is 61.4 Å². The molecule has 1 N–H and O–H groups in total. The van der Waals surface area contributed by atoms with Crippen molar-refractivity contribution < 1.29 is 14.1 Å². The molecular formula is C25H24N2O3. The number of benzene rings is 3. The fraction of sp³-hybridized carbons (Fsp3) is 0.200. The van der Waals surface area contributed by atoms with E-state index in [0.29, 0.717) is 17.9 Å². The highest BCUT2D eigenvalue weighted by Crippen LogP contribution is 2.24. The van der Waals surface area contributed by atoms with E-state index in [1.165, 1.54) is 0 Å². The van der Waals surface area contributed by atoms with E-state index in [0.717, 1.165) is 33.4 Å². The average molecular weight is 400 g/mol. The molecule has 0 aliphatic heterocycles. The third-order valence-electron chi connectivity index (χ3n) is 5.32. The quantitative estimate of drug-likeness (QED) is 0.463. The van der Waals surface area contributed by atoms with Gasteiger partial charge in [-0.25, -0.2) is 0 Å². The highest BCUT2D eigenvalue weighted by atomic mass is 16.5. The Morgan fingerprint density at radius 3 is 2.50 bits per heavy atom. The predicted octanol–water partition coefficient (Wildman–Crippen LogP) is 5.51. The van der Waals surface area contributed by atoms with Crippen LogP contribution in [0.15, 0.2) is 71.3 Å². The minimum atomic E-state index is -0.118. The molecule has 1 aromatic heterocycles. The maximum absolute atomic E-state index is 12.7. The van der Waals surface area contributed by atoms with Crippen molar-refractivity contribution in [3.63, 3.8) is 0 Å². The summed E-state index contributed by atoms with van der Waals surface area (Å²) >= 11 is 0. The van der Waals surface area contributed by atoms with Gasteiger partial charge in [0.15, 0.2) is 0 Å². The lowest BCUT2D eigenvalue weighted by atomic mass is 9.99. The van der Waals surface area contributed by atoms with Gasteiger partial charge >= 0.3 is 0 Å². The number of ether oxygens (including phenoxy) is 1. The van der Waals surface area contributed by atoms with Crippen LogP contribution in [-0.2, 0) is 6.61 Å². The number of aryl methyl sites for hydroxylation is 2. The summed E-state index contributed by atoms with van der Waals surface area (Å²) in [4.78, 5) is 12.7. The topological polar surface area (TPSA) is 64.4 Å². The van der Waals surface area contributed by atoms with Crippen molar-refractivity contribution in [3.8, 4) is 5.75 Å². The second-order valence-corrected chi connectivity index (χ2v) is 7.38. The lowest BCUT2D eigenvalue weighted by molar-refractivity contribution is 0.0940. The van der Waals surface area contributed by atoms with Crippen LogP contribution in [0.25, 0.3) is 10.8 Å². The normalized spacial score (nSPS) is 12.0. The molecule has 0 bridgehead atoms. The summed E-state index contributed by atoms with van der Waals surface area (Å²) in [6.07, 6.45) is 0. The van der Waals surface area contributed by atoms with Crippen molar-refractivity contribution in [1.29, 1.82) is 0 Å². The lowest BCUT2D eigenvalue weighted by Crippen LogP contribution is -2.26. The van der Waals surface area contributed by atoms with Gasteiger partial charge in [0.2, 0.25) is 0 Å². The maximum atomic E-state index is 12.7. The highest BCUT2D eigenvalue weighted by molar-refractivity contribution is 5.95. The van der Waals surface area contributed by atoms with Crippen molar-refractivity contribution in [3.05, 3.63) is 94.9 Å². The second-order valence-electron chi connectivity index (χ2n) is 7.38. The zero-order valence-corrected chi connectivity index (χ0v) is 17.3. The van der Waals surface area contributed by atoms with Crippen LogP contribution < -0.4 is 10.1 Å². The largest absolute Gasteiger partial charge is 0.489 e. The lowest BCUT2D eigenvalue weighted by Gasteiger charge is -2.17. The molecule has 5 heteroatoms. The molecule has 0 aliphatic rings. The Kier molecular flexibility index (Phi) is 5.53. The molecule has 1 atom stereocenters. The molecule has 1 heterocycles. The van der Waals surface area contributed by atoms with Gasteiger partial charge < -0.3 is 14.6 Å². The number of amides is 1. The third-order valence-corrected chi connectivity index (χ3v) is 5.32. The summed E-state index contributed by atoms with van der Waals surface area (Å²) in [5, 5.41) is 9.33. The number of fused-ring (bicyclic) bond motifs is 1. The molecule has 4 aromatic rings. The molecule has 0 saturated heterocycles. The predicted molar refractivity (Wildman–Crippen MR) is 117 cm³/mol. The smallest absolute Gasteiger partial charge is 0.251 e. The number of carbonyl (C=O) groups excluding carboxylic acids is 1. The standard InChI is InChI=1S/C25H24N2O3/c1-16(22-10-6-8-19-7-4-5-9-23(19)22)26-25(28)20-11-13-21(14-12-20)29-15-24-17(2)27-30-18(24)3/h4-14,16H,15H2,1-3H3,(H,26,28). The summed E-state index contributed by atoms with van der Waals surface area (Å²) in [5.74, 6) is 1.33. The number of rotatable bonds is 6. The fourth-order valence-corrected chi connectivity index (χ4v) is 3.55. The third kappa shape index (κ3) is 4.06. The molecule has 3 aromatic carbocycles. The zero-order chi connectivity index (χ0) is 21.1. The molecule has 5 nitrogen and oxygen atoms in total. The number of nitrogens with zero attached hydrogens (tertiary/aromatic N) is 1. The van der Waals surface area contributed by atoms with E-state index in [2.05, 4.69) is 34.7 Å². The molecule has 1 unspecified atom stereocenters. The van der Waals surface area contributed by atoms with Crippen molar-refractivity contribution in [1.82, 2.24) is 10.5 Å². The molecule has 152 valence electrons. The van der Waals surface area contributed by atoms with Crippen LogP contribution in [0.4, 0.5) is 0 Å². The molecule has 4 rings (SSSR count). The number of hydrogen-bond acceptors (Lipinski definition) is 4. The Bertz CT molecular complexity index is 1150. The minimum absolute atomic E-state index is 0.112. The highest BCUT2D eigenvalue weighted by Gasteiger charge is 2.14. The van der Waals surface area contributed by atoms with E-state index in [4.69, 9.17) is 9.26 Å². The van der Waals surface area contributed by atoms with Gasteiger partial charge in [-0.15, -0.1) is 0 Å². The Morgan fingerprint density at radius 2 is 1.77 bits per heavy atom. The summed E-state index contributed by atoms with van der Waals surface area (Å²) in [5.41, 5.74) is 3.46. The van der Waals surface area contributed by atoms with Gasteiger partial charge in [-0.3, -0.25) is 4.79 Å². The number of hydrogen-bond donors (Lipinski definition) is 1. The Morgan fingerprint density at radius 1 is 1.03 bits per heavy atom. The second kappa shape index (κ2) is 8.41. The van der Waals surface area contributed by atoms with Crippen LogP contribution in [0.2, 0.25) is 0 Å². The first-order valence-corrected chi connectivity index (χ1v) is 9.96. The van der Waals surface area contributed by atoms with E-state index in [1.54, 1.807) is 24.3 Å². The van der Waals surface area contributed by atoms with Gasteiger partial charge in [0.1, 0.15) is 18.1 Å². The summed E-state index contributed by atoms with van der Waals surface area (Å²) in [6.45, 7) is 6.13. The van der Waals surface area contributed by atoms with Crippen molar-refractivity contribution in [2.75, 3.05) is 0 Å². The van der Waals surface area contributed by atoms with Crippen LogP contribution in [0.5, 0.6) is 5.75 Å². The van der Waals surface area contributed by atoms with Crippen molar-refractivity contribution >= 4 is 16.7 Å². The first-order valence-electron chi connectivity index (χ1n) is 9.96. The monoisotopic (exact) mass is 400 g/mol. The van der Waals surface area contributed by atoms with Crippen LogP contribution >= 0.6 is 0 Å². The molecular weight excluding hydrogens is 376 g/mol. The van der Waals surface area contributed by atoms with Gasteiger partial charge in [0, 0.05) is 5.56 Å². The van der Waals surface area contributed by atoms with Crippen molar-refractivity contribution in [2.24, 2.45) is 0 Å². The molecule has 30 heavy (non-hydrogen) atoms. The minimum Gasteiger partial charge on any atom is -0.489 e. The van der Waals surface area contributed by atoms with Gasteiger partial charge in [0.05, 0.1) is 17.3 Å². The summed E-state index contributed by atoms with van der Waals surface area (Å²) in [6, 6.07) is 21.4. The molecule has 0 fully saturated rings. The number of aromatic nitrogens is 1. The Hall–Kier alpha value is -3.60. The fourth-order valence-electron chi connectivity index (χ4n) is 3.55. The van der Waals surface area contributed by atoms with Crippen molar-refractivity contribution in [2.45, 2.75) is 33.4 Å². The van der Waals surface area contributed by atoms with Gasteiger partial charge in [0.25, 0.3) is 5.91 Å². The summed E-state index contributed by atoms with van der Waals surface area (Å²) in [7, 11) is 0. The van der Waals surface area contributed by atoms with E-state index < -0.39 is 0 Å². The van der Waals surface area contributed by atoms with E-state index in [-0.39, 0.29) is 11.9 Å². The van der Waals surface area contributed by atoms with E-state index in [1.807, 2.05) is 39.0 Å². The van der Waals surface area contributed by atoms with Crippen LogP contribution in [0.1, 0.15) is 45.9 Å². The van der Waals surface area contributed by atoms with Crippen LogP contribution in [0, 0.1) is 13.8 Å².